The molecule has 0 spiro atoms. The fraction of sp³-hybridized carbons (Fsp3) is 0.480. The number of carbonyl (C=O) groups excluding carboxylic acids is 1. The molecule has 1 aromatic heterocycles. The van der Waals surface area contributed by atoms with Crippen LogP contribution in [0, 0.1) is 0 Å². The number of aromatic nitrogens is 2. The summed E-state index contributed by atoms with van der Waals surface area (Å²) in [5.74, 6) is 0.792. The molecule has 2 heterocycles. The van der Waals surface area contributed by atoms with Crippen molar-refractivity contribution in [3.63, 3.8) is 0 Å². The summed E-state index contributed by atoms with van der Waals surface area (Å²) in [6.45, 7) is 9.49. The Hall–Kier alpha value is -3.17. The van der Waals surface area contributed by atoms with Crippen molar-refractivity contribution in [2.45, 2.75) is 45.2 Å². The van der Waals surface area contributed by atoms with Crippen LogP contribution in [0.3, 0.4) is 0 Å². The van der Waals surface area contributed by atoms with Gasteiger partial charge in [0.1, 0.15) is 11.5 Å². The number of aryl methyl sites for hydroxylation is 1. The van der Waals surface area contributed by atoms with Gasteiger partial charge in [-0.05, 0) is 31.5 Å². The second kappa shape index (κ2) is 10.8. The predicted octanol–water partition coefficient (Wildman–Crippen LogP) is 1.95. The standard InChI is InChI=1S/C25H35N7O2/c1-3-21-25(34-20-7-5-6-17(26)16-20)30-24(22(29-21)23(27)33)28-18-8-10-19(11-9-18)32-14-12-31(4-2)13-15-32/h5-8,10-11,17-18H,3-4,9,12-16,26H2,1-2H3,(H2,27,33)(H,28,30). The van der Waals surface area contributed by atoms with E-state index in [4.69, 9.17) is 16.2 Å². The highest BCUT2D eigenvalue weighted by Gasteiger charge is 2.23. The summed E-state index contributed by atoms with van der Waals surface area (Å²) < 4.78 is 6.05. The van der Waals surface area contributed by atoms with Gasteiger partial charge in [0.05, 0.1) is 0 Å². The Bertz CT molecular complexity index is 1020. The van der Waals surface area contributed by atoms with Crippen molar-refractivity contribution in [2.24, 2.45) is 11.5 Å². The Morgan fingerprint density at radius 3 is 2.62 bits per heavy atom. The first kappa shape index (κ1) is 24.0. The van der Waals surface area contributed by atoms with Crippen LogP contribution >= 0.6 is 0 Å². The van der Waals surface area contributed by atoms with Crippen LogP contribution in [0.25, 0.3) is 0 Å². The molecule has 2 aliphatic carbocycles. The molecule has 1 amide bonds. The molecule has 1 saturated heterocycles. The van der Waals surface area contributed by atoms with Crippen LogP contribution in [0.5, 0.6) is 5.88 Å². The maximum Gasteiger partial charge on any atom is 0.271 e. The number of carbonyl (C=O) groups is 1. The zero-order chi connectivity index (χ0) is 24.1. The van der Waals surface area contributed by atoms with Gasteiger partial charge in [-0.3, -0.25) is 4.79 Å². The van der Waals surface area contributed by atoms with E-state index < -0.39 is 5.91 Å². The highest BCUT2D eigenvalue weighted by Crippen LogP contribution is 2.26. The van der Waals surface area contributed by atoms with E-state index in [2.05, 4.69) is 50.2 Å². The van der Waals surface area contributed by atoms with Crippen molar-refractivity contribution in [1.29, 1.82) is 0 Å². The van der Waals surface area contributed by atoms with Crippen molar-refractivity contribution >= 4 is 11.7 Å². The molecule has 1 fully saturated rings. The molecule has 1 aliphatic heterocycles. The Morgan fingerprint density at radius 2 is 2.00 bits per heavy atom. The Kier molecular flexibility index (Phi) is 7.64. The Labute approximate surface area is 201 Å². The molecular weight excluding hydrogens is 430 g/mol. The number of anilines is 1. The van der Waals surface area contributed by atoms with Gasteiger partial charge in [-0.15, -0.1) is 0 Å². The average molecular weight is 466 g/mol. The molecule has 0 aromatic carbocycles. The monoisotopic (exact) mass is 465 g/mol. The number of nitrogens with zero attached hydrogens (tertiary/aromatic N) is 4. The molecule has 9 heteroatoms. The molecule has 2 unspecified atom stereocenters. The minimum Gasteiger partial charge on any atom is -0.442 e. The number of ether oxygens (including phenoxy) is 1. The summed E-state index contributed by atoms with van der Waals surface area (Å²) in [6, 6.07) is -0.127. The van der Waals surface area contributed by atoms with E-state index in [9.17, 15) is 4.79 Å². The normalized spacial score (nSPS) is 22.9. The Balaban J connectivity index is 1.48. The number of piperazine rings is 1. The molecule has 0 bridgehead atoms. The molecular formula is C25H35N7O2. The number of hydrogen-bond acceptors (Lipinski definition) is 8. The number of hydrogen-bond donors (Lipinski definition) is 3. The number of nitrogens with two attached hydrogens (primary N) is 2. The van der Waals surface area contributed by atoms with Gasteiger partial charge in [-0.2, -0.15) is 4.98 Å². The minimum atomic E-state index is -0.622. The van der Waals surface area contributed by atoms with E-state index in [0.717, 1.165) is 39.1 Å². The van der Waals surface area contributed by atoms with E-state index in [0.29, 0.717) is 36.0 Å². The highest BCUT2D eigenvalue weighted by molar-refractivity contribution is 5.95. The van der Waals surface area contributed by atoms with Crippen LogP contribution in [0.4, 0.5) is 5.82 Å². The zero-order valence-electron chi connectivity index (χ0n) is 20.0. The molecule has 34 heavy (non-hydrogen) atoms. The van der Waals surface area contributed by atoms with Crippen molar-refractivity contribution in [1.82, 2.24) is 19.8 Å². The number of likely N-dealkylation sites (N-methyl/N-ethyl adjacent to an activating group) is 1. The number of amides is 1. The van der Waals surface area contributed by atoms with Gasteiger partial charge in [0, 0.05) is 50.4 Å². The third-order valence-corrected chi connectivity index (χ3v) is 6.39. The van der Waals surface area contributed by atoms with Gasteiger partial charge >= 0.3 is 0 Å². The average Bonchev–Trinajstić information content (AvgIpc) is 2.84. The molecule has 3 aliphatic rings. The van der Waals surface area contributed by atoms with Crippen LogP contribution < -0.4 is 21.5 Å². The van der Waals surface area contributed by atoms with Crippen LogP contribution in [-0.2, 0) is 6.42 Å². The summed E-state index contributed by atoms with van der Waals surface area (Å²) in [5, 5.41) is 3.34. The summed E-state index contributed by atoms with van der Waals surface area (Å²) in [5.41, 5.74) is 13.6. The first-order chi connectivity index (χ1) is 16.5. The minimum absolute atomic E-state index is 0.0290. The SMILES string of the molecule is CCc1nc(C(N)=O)c(NC2C=CC(N3CCN(CC)CC3)=CC2)nc1OC1=CC=CC(N)C1. The van der Waals surface area contributed by atoms with Crippen LogP contribution in [0.1, 0.15) is 42.9 Å². The van der Waals surface area contributed by atoms with Crippen molar-refractivity contribution < 1.29 is 9.53 Å². The number of primary amides is 1. The lowest BCUT2D eigenvalue weighted by molar-refractivity contribution is 0.0995. The van der Waals surface area contributed by atoms with Crippen LogP contribution in [0.15, 0.2) is 47.9 Å². The lowest BCUT2D eigenvalue weighted by Gasteiger charge is -2.37. The van der Waals surface area contributed by atoms with Gasteiger partial charge in [0.15, 0.2) is 11.5 Å². The molecule has 0 radical (unpaired) electrons. The van der Waals surface area contributed by atoms with Gasteiger partial charge in [0.2, 0.25) is 5.88 Å². The zero-order valence-corrected chi connectivity index (χ0v) is 20.0. The maximum absolute atomic E-state index is 12.1. The summed E-state index contributed by atoms with van der Waals surface area (Å²) in [4.78, 5) is 26.2. The topological polar surface area (TPSA) is 123 Å². The first-order valence-corrected chi connectivity index (χ1v) is 12.1. The van der Waals surface area contributed by atoms with Crippen molar-refractivity contribution in [3.05, 3.63) is 59.3 Å². The second-order valence-corrected chi connectivity index (χ2v) is 8.77. The summed E-state index contributed by atoms with van der Waals surface area (Å²) >= 11 is 0. The third-order valence-electron chi connectivity index (χ3n) is 6.39. The van der Waals surface area contributed by atoms with Crippen molar-refractivity contribution in [2.75, 3.05) is 38.0 Å². The molecule has 2 atom stereocenters. The van der Waals surface area contributed by atoms with Gasteiger partial charge in [-0.1, -0.05) is 38.2 Å². The van der Waals surface area contributed by atoms with E-state index in [1.807, 2.05) is 25.2 Å². The number of rotatable bonds is 8. The molecule has 5 N–H and O–H groups in total. The highest BCUT2D eigenvalue weighted by atomic mass is 16.5. The smallest absolute Gasteiger partial charge is 0.271 e. The lowest BCUT2D eigenvalue weighted by atomic mass is 10.1. The molecule has 4 rings (SSSR count). The Morgan fingerprint density at radius 1 is 1.21 bits per heavy atom. The molecule has 1 aromatic rings. The molecule has 0 saturated carbocycles. The predicted molar refractivity (Wildman–Crippen MR) is 133 cm³/mol. The van der Waals surface area contributed by atoms with Crippen LogP contribution in [-0.4, -0.2) is 70.5 Å². The quantitative estimate of drug-likeness (QED) is 0.532. The van der Waals surface area contributed by atoms with Gasteiger partial charge in [0.25, 0.3) is 5.91 Å². The lowest BCUT2D eigenvalue weighted by Crippen LogP contribution is -2.45. The first-order valence-electron chi connectivity index (χ1n) is 12.1. The fourth-order valence-corrected chi connectivity index (χ4v) is 4.36. The van der Waals surface area contributed by atoms with Gasteiger partial charge < -0.3 is 31.3 Å². The largest absolute Gasteiger partial charge is 0.442 e. The van der Waals surface area contributed by atoms with E-state index >= 15 is 0 Å². The maximum atomic E-state index is 12.1. The van der Waals surface area contributed by atoms with E-state index in [1.165, 1.54) is 5.70 Å². The summed E-state index contributed by atoms with van der Waals surface area (Å²) in [7, 11) is 0. The second-order valence-electron chi connectivity index (χ2n) is 8.77. The number of nitrogens with one attached hydrogen (secondary N) is 1. The third kappa shape index (κ3) is 5.66. The van der Waals surface area contributed by atoms with Gasteiger partial charge in [-0.25, -0.2) is 4.98 Å². The fourth-order valence-electron chi connectivity index (χ4n) is 4.36. The van der Waals surface area contributed by atoms with Crippen molar-refractivity contribution in [3.8, 4) is 5.88 Å². The summed E-state index contributed by atoms with van der Waals surface area (Å²) in [6.07, 6.45) is 14.0. The van der Waals surface area contributed by atoms with Crippen LogP contribution in [0.2, 0.25) is 0 Å². The van der Waals surface area contributed by atoms with E-state index in [-0.39, 0.29) is 17.8 Å². The molecule has 9 nitrogen and oxygen atoms in total. The molecule has 182 valence electrons. The van der Waals surface area contributed by atoms with E-state index in [1.54, 1.807) is 0 Å². The number of allylic oxidation sites excluding steroid dienone is 3.